The van der Waals surface area contributed by atoms with E-state index in [1.54, 1.807) is 23.6 Å². The first kappa shape index (κ1) is 16.7. The van der Waals surface area contributed by atoms with E-state index in [9.17, 15) is 9.59 Å². The SMILES string of the molecule is Cc1c(C(=O)N(Cc2ccccc2)CC(C)C(=O)O)cnn1C. The van der Waals surface area contributed by atoms with Crippen molar-refractivity contribution >= 4 is 11.9 Å². The van der Waals surface area contributed by atoms with Crippen LogP contribution in [0.25, 0.3) is 0 Å². The largest absolute Gasteiger partial charge is 0.481 e. The Hall–Kier alpha value is -2.63. The van der Waals surface area contributed by atoms with Crippen molar-refractivity contribution in [2.75, 3.05) is 6.54 Å². The Morgan fingerprint density at radius 1 is 1.30 bits per heavy atom. The molecule has 6 heteroatoms. The third-order valence-corrected chi connectivity index (χ3v) is 3.88. The summed E-state index contributed by atoms with van der Waals surface area (Å²) in [5.41, 5.74) is 2.22. The molecule has 1 heterocycles. The van der Waals surface area contributed by atoms with Crippen molar-refractivity contribution in [1.82, 2.24) is 14.7 Å². The van der Waals surface area contributed by atoms with Crippen LogP contribution in [0.15, 0.2) is 36.5 Å². The van der Waals surface area contributed by atoms with Gasteiger partial charge in [0.25, 0.3) is 5.91 Å². The Labute approximate surface area is 135 Å². The van der Waals surface area contributed by atoms with Crippen LogP contribution in [0.3, 0.4) is 0 Å². The Balaban J connectivity index is 2.26. The molecule has 1 aromatic heterocycles. The van der Waals surface area contributed by atoms with Gasteiger partial charge in [-0.1, -0.05) is 37.3 Å². The molecule has 0 aliphatic carbocycles. The van der Waals surface area contributed by atoms with Crippen molar-refractivity contribution in [3.8, 4) is 0 Å². The van der Waals surface area contributed by atoms with Gasteiger partial charge in [-0.25, -0.2) is 0 Å². The number of aryl methyl sites for hydroxylation is 1. The lowest BCUT2D eigenvalue weighted by molar-refractivity contribution is -0.141. The number of aliphatic carboxylic acids is 1. The van der Waals surface area contributed by atoms with Gasteiger partial charge in [0.2, 0.25) is 0 Å². The highest BCUT2D eigenvalue weighted by molar-refractivity contribution is 5.95. The smallest absolute Gasteiger partial charge is 0.308 e. The van der Waals surface area contributed by atoms with Crippen LogP contribution < -0.4 is 0 Å². The van der Waals surface area contributed by atoms with Crippen LogP contribution in [0.1, 0.15) is 28.5 Å². The van der Waals surface area contributed by atoms with Gasteiger partial charge in [0, 0.05) is 25.8 Å². The molecule has 1 amide bonds. The predicted octanol–water partition coefficient (Wildman–Crippen LogP) is 2.09. The fraction of sp³-hybridized carbons (Fsp3) is 0.353. The molecule has 23 heavy (non-hydrogen) atoms. The maximum atomic E-state index is 12.8. The van der Waals surface area contributed by atoms with E-state index in [2.05, 4.69) is 5.10 Å². The van der Waals surface area contributed by atoms with Crippen molar-refractivity contribution < 1.29 is 14.7 Å². The van der Waals surface area contributed by atoms with Gasteiger partial charge >= 0.3 is 5.97 Å². The van der Waals surface area contributed by atoms with E-state index >= 15 is 0 Å². The van der Waals surface area contributed by atoms with Crippen molar-refractivity contribution in [2.24, 2.45) is 13.0 Å². The van der Waals surface area contributed by atoms with Crippen LogP contribution in [-0.4, -0.2) is 38.2 Å². The highest BCUT2D eigenvalue weighted by atomic mass is 16.4. The molecule has 2 rings (SSSR count). The number of nitrogens with zero attached hydrogens (tertiary/aromatic N) is 3. The lowest BCUT2D eigenvalue weighted by Crippen LogP contribution is -2.36. The summed E-state index contributed by atoms with van der Waals surface area (Å²) >= 11 is 0. The zero-order valence-electron chi connectivity index (χ0n) is 13.6. The molecule has 1 atom stereocenters. The van der Waals surface area contributed by atoms with E-state index in [1.807, 2.05) is 37.3 Å². The van der Waals surface area contributed by atoms with Gasteiger partial charge in [-0.2, -0.15) is 5.10 Å². The molecule has 1 aromatic carbocycles. The molecule has 122 valence electrons. The fourth-order valence-corrected chi connectivity index (χ4v) is 2.31. The lowest BCUT2D eigenvalue weighted by atomic mass is 10.1. The third-order valence-electron chi connectivity index (χ3n) is 3.88. The number of carboxylic acid groups (broad SMARTS) is 1. The minimum Gasteiger partial charge on any atom is -0.481 e. The van der Waals surface area contributed by atoms with E-state index in [0.717, 1.165) is 11.3 Å². The van der Waals surface area contributed by atoms with Gasteiger partial charge in [-0.3, -0.25) is 14.3 Å². The zero-order chi connectivity index (χ0) is 17.0. The Kier molecular flexibility index (Phi) is 5.16. The lowest BCUT2D eigenvalue weighted by Gasteiger charge is -2.24. The van der Waals surface area contributed by atoms with Crippen LogP contribution >= 0.6 is 0 Å². The first-order valence-corrected chi connectivity index (χ1v) is 7.44. The summed E-state index contributed by atoms with van der Waals surface area (Å²) in [6, 6.07) is 9.53. The standard InChI is InChI=1S/C17H21N3O3/c1-12(17(22)23)10-20(11-14-7-5-4-6-8-14)16(21)15-9-18-19(3)13(15)2/h4-9,12H,10-11H2,1-3H3,(H,22,23). The summed E-state index contributed by atoms with van der Waals surface area (Å²) in [4.78, 5) is 25.6. The number of carbonyl (C=O) groups excluding carboxylic acids is 1. The predicted molar refractivity (Wildman–Crippen MR) is 85.9 cm³/mol. The van der Waals surface area contributed by atoms with Gasteiger partial charge in [-0.15, -0.1) is 0 Å². The number of carboxylic acids is 1. The molecule has 0 saturated carbocycles. The van der Waals surface area contributed by atoms with Crippen molar-refractivity contribution in [3.05, 3.63) is 53.3 Å². The summed E-state index contributed by atoms with van der Waals surface area (Å²) in [7, 11) is 1.77. The van der Waals surface area contributed by atoms with E-state index in [4.69, 9.17) is 5.11 Å². The number of amides is 1. The minimum absolute atomic E-state index is 0.150. The molecule has 0 spiro atoms. The summed E-state index contributed by atoms with van der Waals surface area (Å²) in [6.07, 6.45) is 1.53. The second-order valence-corrected chi connectivity index (χ2v) is 5.68. The zero-order valence-corrected chi connectivity index (χ0v) is 13.6. The number of rotatable bonds is 6. The van der Waals surface area contributed by atoms with Crippen LogP contribution in [0, 0.1) is 12.8 Å². The molecule has 6 nitrogen and oxygen atoms in total. The molecule has 1 unspecified atom stereocenters. The molecule has 0 fully saturated rings. The van der Waals surface area contributed by atoms with E-state index in [-0.39, 0.29) is 12.5 Å². The molecule has 0 saturated heterocycles. The van der Waals surface area contributed by atoms with Gasteiger partial charge in [-0.05, 0) is 12.5 Å². The monoisotopic (exact) mass is 315 g/mol. The van der Waals surface area contributed by atoms with Crippen molar-refractivity contribution in [1.29, 1.82) is 0 Å². The Bertz CT molecular complexity index is 694. The average molecular weight is 315 g/mol. The number of benzene rings is 1. The Morgan fingerprint density at radius 3 is 2.48 bits per heavy atom. The van der Waals surface area contributed by atoms with Gasteiger partial charge < -0.3 is 10.0 Å². The highest BCUT2D eigenvalue weighted by Crippen LogP contribution is 2.15. The molecule has 0 aliphatic rings. The maximum Gasteiger partial charge on any atom is 0.308 e. The molecule has 1 N–H and O–H groups in total. The van der Waals surface area contributed by atoms with E-state index in [1.165, 1.54) is 6.20 Å². The quantitative estimate of drug-likeness (QED) is 0.885. The first-order chi connectivity index (χ1) is 10.9. The van der Waals surface area contributed by atoms with Gasteiger partial charge in [0.05, 0.1) is 17.7 Å². The van der Waals surface area contributed by atoms with Crippen LogP contribution in [0.2, 0.25) is 0 Å². The van der Waals surface area contributed by atoms with Crippen LogP contribution in [0.5, 0.6) is 0 Å². The molecular weight excluding hydrogens is 294 g/mol. The Morgan fingerprint density at radius 2 is 1.96 bits per heavy atom. The average Bonchev–Trinajstić information content (AvgIpc) is 2.86. The second kappa shape index (κ2) is 7.09. The number of carbonyl (C=O) groups is 2. The van der Waals surface area contributed by atoms with Crippen molar-refractivity contribution in [2.45, 2.75) is 20.4 Å². The van der Waals surface area contributed by atoms with Gasteiger partial charge in [0.1, 0.15) is 0 Å². The molecule has 2 aromatic rings. The van der Waals surface area contributed by atoms with Crippen LogP contribution in [0.4, 0.5) is 0 Å². The highest BCUT2D eigenvalue weighted by Gasteiger charge is 2.24. The molecule has 0 aliphatic heterocycles. The summed E-state index contributed by atoms with van der Waals surface area (Å²) in [6.45, 7) is 3.94. The number of aromatic nitrogens is 2. The van der Waals surface area contributed by atoms with Crippen LogP contribution in [-0.2, 0) is 18.4 Å². The topological polar surface area (TPSA) is 75.4 Å². The number of hydrogen-bond donors (Lipinski definition) is 1. The number of hydrogen-bond acceptors (Lipinski definition) is 3. The first-order valence-electron chi connectivity index (χ1n) is 7.44. The molecule has 0 radical (unpaired) electrons. The van der Waals surface area contributed by atoms with Crippen molar-refractivity contribution in [3.63, 3.8) is 0 Å². The normalized spacial score (nSPS) is 12.0. The molecular formula is C17H21N3O3. The molecule has 0 bridgehead atoms. The third kappa shape index (κ3) is 3.97. The maximum absolute atomic E-state index is 12.8. The summed E-state index contributed by atoms with van der Waals surface area (Å²) in [5.74, 6) is -1.76. The summed E-state index contributed by atoms with van der Waals surface area (Å²) < 4.78 is 1.63. The van der Waals surface area contributed by atoms with E-state index < -0.39 is 11.9 Å². The fourth-order valence-electron chi connectivity index (χ4n) is 2.31. The van der Waals surface area contributed by atoms with E-state index in [0.29, 0.717) is 12.1 Å². The second-order valence-electron chi connectivity index (χ2n) is 5.68. The van der Waals surface area contributed by atoms with Gasteiger partial charge in [0.15, 0.2) is 0 Å². The minimum atomic E-state index is -0.918. The summed E-state index contributed by atoms with van der Waals surface area (Å²) in [5, 5.41) is 13.2.